The zero-order chi connectivity index (χ0) is 21.6. The Morgan fingerprint density at radius 2 is 1.87 bits per heavy atom. The van der Waals surface area contributed by atoms with Gasteiger partial charge < -0.3 is 10.1 Å². The highest BCUT2D eigenvalue weighted by Gasteiger charge is 2.15. The predicted molar refractivity (Wildman–Crippen MR) is 121 cm³/mol. The van der Waals surface area contributed by atoms with Crippen LogP contribution >= 0.6 is 11.3 Å². The van der Waals surface area contributed by atoms with Crippen LogP contribution in [-0.4, -0.2) is 28.5 Å². The number of ether oxygens (including phenoxy) is 1. The first-order chi connectivity index (χ1) is 15.1. The average Bonchev–Trinajstić information content (AvgIpc) is 3.26. The topological polar surface area (TPSA) is 81.2 Å². The highest BCUT2D eigenvalue weighted by atomic mass is 32.1. The van der Waals surface area contributed by atoms with E-state index < -0.39 is 5.97 Å². The van der Waals surface area contributed by atoms with Crippen molar-refractivity contribution in [3.05, 3.63) is 83.5 Å². The van der Waals surface area contributed by atoms with Crippen LogP contribution in [0.15, 0.2) is 72.2 Å². The number of fused-ring (bicyclic) bond motifs is 1. The number of benzene rings is 2. The lowest BCUT2D eigenvalue weighted by atomic mass is 10.00. The van der Waals surface area contributed by atoms with E-state index in [4.69, 9.17) is 4.74 Å². The zero-order valence-corrected chi connectivity index (χ0v) is 17.8. The lowest BCUT2D eigenvalue weighted by molar-refractivity contribution is -0.148. The van der Waals surface area contributed by atoms with Gasteiger partial charge in [-0.05, 0) is 35.4 Å². The Balaban J connectivity index is 1.29. The number of amides is 1. The van der Waals surface area contributed by atoms with Crippen LogP contribution in [-0.2, 0) is 20.7 Å². The molecule has 0 saturated carbocycles. The van der Waals surface area contributed by atoms with Gasteiger partial charge in [0.25, 0.3) is 5.91 Å². The van der Waals surface area contributed by atoms with E-state index in [1.807, 2.05) is 67.6 Å². The van der Waals surface area contributed by atoms with Crippen molar-refractivity contribution >= 4 is 34.0 Å². The van der Waals surface area contributed by atoms with E-state index in [1.165, 1.54) is 11.3 Å². The molecule has 2 heterocycles. The molecule has 1 unspecified atom stereocenters. The molecule has 0 spiro atoms. The van der Waals surface area contributed by atoms with E-state index in [0.717, 1.165) is 27.0 Å². The third-order valence-electron chi connectivity index (χ3n) is 4.79. The highest BCUT2D eigenvalue weighted by Crippen LogP contribution is 2.24. The lowest BCUT2D eigenvalue weighted by Crippen LogP contribution is -2.31. The number of nitrogens with one attached hydrogen (secondary N) is 1. The molecule has 0 radical (unpaired) electrons. The molecule has 0 bridgehead atoms. The molecule has 2 aromatic carbocycles. The fourth-order valence-electron chi connectivity index (χ4n) is 3.33. The fraction of sp³-hybridized carbons (Fsp3) is 0.167. The van der Waals surface area contributed by atoms with Crippen molar-refractivity contribution in [1.29, 1.82) is 0 Å². The Bertz CT molecular complexity index is 1200. The van der Waals surface area contributed by atoms with E-state index >= 15 is 0 Å². The predicted octanol–water partition coefficient (Wildman–Crippen LogP) is 4.32. The van der Waals surface area contributed by atoms with Gasteiger partial charge in [0.05, 0.1) is 23.9 Å². The van der Waals surface area contributed by atoms with Gasteiger partial charge in [0.1, 0.15) is 5.01 Å². The highest BCUT2D eigenvalue weighted by molar-refractivity contribution is 7.13. The minimum atomic E-state index is -0.495. The summed E-state index contributed by atoms with van der Waals surface area (Å²) in [7, 11) is 0. The van der Waals surface area contributed by atoms with Crippen molar-refractivity contribution in [3.63, 3.8) is 0 Å². The molecule has 7 heteroatoms. The summed E-state index contributed by atoms with van der Waals surface area (Å²) in [5.74, 6) is -0.841. The standard InChI is InChI=1S/C24H21N3O3S/c1-16(19-10-6-8-17-7-2-3-9-20(17)19)26-22(28)14-30-23(29)13-18-15-31-24(27-18)21-11-4-5-12-25-21/h2-12,15-16H,13-14H2,1H3,(H,26,28). The maximum atomic E-state index is 12.3. The first-order valence-electron chi connectivity index (χ1n) is 9.88. The molecule has 0 aliphatic rings. The molecular weight excluding hydrogens is 410 g/mol. The average molecular weight is 432 g/mol. The van der Waals surface area contributed by atoms with Crippen molar-refractivity contribution in [2.75, 3.05) is 6.61 Å². The van der Waals surface area contributed by atoms with Gasteiger partial charge in [-0.15, -0.1) is 11.3 Å². The molecule has 1 amide bonds. The van der Waals surface area contributed by atoms with Crippen molar-refractivity contribution < 1.29 is 14.3 Å². The molecule has 6 nitrogen and oxygen atoms in total. The number of esters is 1. The lowest BCUT2D eigenvalue weighted by Gasteiger charge is -2.16. The van der Waals surface area contributed by atoms with Crippen LogP contribution in [0.2, 0.25) is 0 Å². The second kappa shape index (κ2) is 9.49. The first-order valence-corrected chi connectivity index (χ1v) is 10.8. The molecule has 1 atom stereocenters. The van der Waals surface area contributed by atoms with E-state index in [1.54, 1.807) is 11.6 Å². The third-order valence-corrected chi connectivity index (χ3v) is 5.71. The zero-order valence-electron chi connectivity index (χ0n) is 16.9. The summed E-state index contributed by atoms with van der Waals surface area (Å²) < 4.78 is 5.14. The summed E-state index contributed by atoms with van der Waals surface area (Å²) >= 11 is 1.42. The molecule has 1 N–H and O–H groups in total. The number of aromatic nitrogens is 2. The quantitative estimate of drug-likeness (QED) is 0.441. The summed E-state index contributed by atoms with van der Waals surface area (Å²) in [5.41, 5.74) is 2.37. The maximum Gasteiger partial charge on any atom is 0.312 e. The van der Waals surface area contributed by atoms with Gasteiger partial charge in [0.2, 0.25) is 0 Å². The normalized spacial score (nSPS) is 11.8. The summed E-state index contributed by atoms with van der Waals surface area (Å²) in [5, 5.41) is 7.63. The Morgan fingerprint density at radius 1 is 1.06 bits per heavy atom. The summed E-state index contributed by atoms with van der Waals surface area (Å²) in [4.78, 5) is 33.1. The number of nitrogens with zero attached hydrogens (tertiary/aromatic N) is 2. The Kier molecular flexibility index (Phi) is 6.33. The molecule has 31 heavy (non-hydrogen) atoms. The van der Waals surface area contributed by atoms with Gasteiger partial charge >= 0.3 is 5.97 Å². The van der Waals surface area contributed by atoms with Gasteiger partial charge in [-0.3, -0.25) is 14.6 Å². The van der Waals surface area contributed by atoms with Crippen LogP contribution in [0.3, 0.4) is 0 Å². The molecule has 2 aromatic heterocycles. The Hall–Kier alpha value is -3.58. The van der Waals surface area contributed by atoms with Crippen molar-refractivity contribution in [3.8, 4) is 10.7 Å². The number of pyridine rings is 1. The van der Waals surface area contributed by atoms with E-state index in [0.29, 0.717) is 5.69 Å². The third kappa shape index (κ3) is 5.13. The number of hydrogen-bond donors (Lipinski definition) is 1. The molecule has 0 aliphatic carbocycles. The van der Waals surface area contributed by atoms with Crippen LogP contribution in [0, 0.1) is 0 Å². The number of carbonyl (C=O) groups excluding carboxylic acids is 2. The van der Waals surface area contributed by atoms with Crippen LogP contribution in [0.25, 0.3) is 21.5 Å². The molecule has 0 aliphatic heterocycles. The molecule has 0 fully saturated rings. The second-order valence-electron chi connectivity index (χ2n) is 7.05. The van der Waals surface area contributed by atoms with E-state index in [2.05, 4.69) is 15.3 Å². The SMILES string of the molecule is CC(NC(=O)COC(=O)Cc1csc(-c2ccccn2)n1)c1cccc2ccccc12. The van der Waals surface area contributed by atoms with Gasteiger partial charge in [-0.1, -0.05) is 48.5 Å². The number of hydrogen-bond acceptors (Lipinski definition) is 6. The van der Waals surface area contributed by atoms with Crippen molar-refractivity contribution in [2.24, 2.45) is 0 Å². The van der Waals surface area contributed by atoms with Crippen LogP contribution in [0.1, 0.15) is 24.2 Å². The smallest absolute Gasteiger partial charge is 0.312 e. The van der Waals surface area contributed by atoms with Crippen molar-refractivity contribution in [1.82, 2.24) is 15.3 Å². The van der Waals surface area contributed by atoms with E-state index in [9.17, 15) is 9.59 Å². The van der Waals surface area contributed by atoms with Crippen LogP contribution in [0.5, 0.6) is 0 Å². The van der Waals surface area contributed by atoms with Crippen LogP contribution in [0.4, 0.5) is 0 Å². The molecule has 4 rings (SSSR count). The van der Waals surface area contributed by atoms with E-state index in [-0.39, 0.29) is 25.0 Å². The summed E-state index contributed by atoms with van der Waals surface area (Å²) in [6.45, 7) is 1.58. The van der Waals surface area contributed by atoms with Gasteiger partial charge in [0.15, 0.2) is 6.61 Å². The van der Waals surface area contributed by atoms with Gasteiger partial charge in [-0.2, -0.15) is 0 Å². The van der Waals surface area contributed by atoms with Gasteiger partial charge in [-0.25, -0.2) is 4.98 Å². The first kappa shape index (κ1) is 20.7. The molecule has 4 aromatic rings. The number of carbonyl (C=O) groups is 2. The minimum absolute atomic E-state index is 0.00941. The van der Waals surface area contributed by atoms with Crippen LogP contribution < -0.4 is 5.32 Å². The van der Waals surface area contributed by atoms with Gasteiger partial charge in [0, 0.05) is 11.6 Å². The number of rotatable bonds is 7. The number of thiazole rings is 1. The molecule has 156 valence electrons. The molecule has 0 saturated heterocycles. The maximum absolute atomic E-state index is 12.3. The molecular formula is C24H21N3O3S. The second-order valence-corrected chi connectivity index (χ2v) is 7.91. The fourth-order valence-corrected chi connectivity index (χ4v) is 4.12. The minimum Gasteiger partial charge on any atom is -0.455 e. The largest absolute Gasteiger partial charge is 0.455 e. The summed E-state index contributed by atoms with van der Waals surface area (Å²) in [6, 6.07) is 19.4. The summed E-state index contributed by atoms with van der Waals surface area (Å²) in [6.07, 6.45) is 1.71. The Morgan fingerprint density at radius 3 is 2.71 bits per heavy atom. The Labute approximate surface area is 183 Å². The monoisotopic (exact) mass is 431 g/mol. The van der Waals surface area contributed by atoms with Crippen molar-refractivity contribution in [2.45, 2.75) is 19.4 Å².